The third-order valence-corrected chi connectivity index (χ3v) is 3.98. The SMILES string of the molecule is C[C@H](c1ccccn1)N(C)Cc1ccc(-c2ccccc2F)o1. The Morgan fingerprint density at radius 2 is 1.87 bits per heavy atom. The van der Waals surface area contributed by atoms with Crippen molar-refractivity contribution >= 4 is 0 Å². The van der Waals surface area contributed by atoms with Crippen LogP contribution in [-0.4, -0.2) is 16.9 Å². The zero-order valence-corrected chi connectivity index (χ0v) is 13.2. The summed E-state index contributed by atoms with van der Waals surface area (Å²) >= 11 is 0. The van der Waals surface area contributed by atoms with Crippen molar-refractivity contribution in [2.75, 3.05) is 7.05 Å². The van der Waals surface area contributed by atoms with E-state index >= 15 is 0 Å². The van der Waals surface area contributed by atoms with Crippen molar-refractivity contribution in [1.82, 2.24) is 9.88 Å². The van der Waals surface area contributed by atoms with Gasteiger partial charge in [0.25, 0.3) is 0 Å². The van der Waals surface area contributed by atoms with Crippen molar-refractivity contribution in [2.24, 2.45) is 0 Å². The van der Waals surface area contributed by atoms with Gasteiger partial charge in [-0.25, -0.2) is 4.39 Å². The van der Waals surface area contributed by atoms with Gasteiger partial charge in [0, 0.05) is 12.2 Å². The van der Waals surface area contributed by atoms with Gasteiger partial charge >= 0.3 is 0 Å². The Balaban J connectivity index is 1.73. The highest BCUT2D eigenvalue weighted by Crippen LogP contribution is 2.26. The van der Waals surface area contributed by atoms with E-state index in [-0.39, 0.29) is 11.9 Å². The lowest BCUT2D eigenvalue weighted by Gasteiger charge is -2.23. The predicted molar refractivity (Wildman–Crippen MR) is 88.2 cm³/mol. The average Bonchev–Trinajstić information content (AvgIpc) is 3.03. The van der Waals surface area contributed by atoms with Gasteiger partial charge in [-0.2, -0.15) is 0 Å². The molecule has 0 aliphatic rings. The molecule has 0 radical (unpaired) electrons. The minimum absolute atomic E-state index is 0.165. The van der Waals surface area contributed by atoms with Gasteiger partial charge in [-0.1, -0.05) is 18.2 Å². The lowest BCUT2D eigenvalue weighted by atomic mass is 10.1. The topological polar surface area (TPSA) is 29.3 Å². The van der Waals surface area contributed by atoms with Crippen molar-refractivity contribution in [3.63, 3.8) is 0 Å². The highest BCUT2D eigenvalue weighted by atomic mass is 19.1. The predicted octanol–water partition coefficient (Wildman–Crippen LogP) is 4.67. The van der Waals surface area contributed by atoms with Crippen LogP contribution >= 0.6 is 0 Å². The molecule has 4 heteroatoms. The maximum Gasteiger partial charge on any atom is 0.137 e. The Labute approximate surface area is 135 Å². The Morgan fingerprint density at radius 3 is 2.61 bits per heavy atom. The average molecular weight is 310 g/mol. The summed E-state index contributed by atoms with van der Waals surface area (Å²) < 4.78 is 19.6. The van der Waals surface area contributed by atoms with Gasteiger partial charge in [0.2, 0.25) is 0 Å². The van der Waals surface area contributed by atoms with Gasteiger partial charge < -0.3 is 4.42 Å². The van der Waals surface area contributed by atoms with Crippen LogP contribution in [0.25, 0.3) is 11.3 Å². The van der Waals surface area contributed by atoms with E-state index in [1.807, 2.05) is 37.4 Å². The molecule has 0 saturated heterocycles. The highest BCUT2D eigenvalue weighted by molar-refractivity contribution is 5.58. The Kier molecular flexibility index (Phi) is 4.53. The summed E-state index contributed by atoms with van der Waals surface area (Å²) in [4.78, 5) is 6.53. The Morgan fingerprint density at radius 1 is 1.09 bits per heavy atom. The third kappa shape index (κ3) is 3.48. The number of halogens is 1. The molecule has 0 unspecified atom stereocenters. The fraction of sp³-hybridized carbons (Fsp3) is 0.211. The Bertz CT molecular complexity index is 770. The first kappa shape index (κ1) is 15.4. The van der Waals surface area contributed by atoms with Crippen molar-refractivity contribution in [1.29, 1.82) is 0 Å². The fourth-order valence-electron chi connectivity index (χ4n) is 2.50. The third-order valence-electron chi connectivity index (χ3n) is 3.98. The molecule has 0 fully saturated rings. The van der Waals surface area contributed by atoms with Gasteiger partial charge in [-0.15, -0.1) is 0 Å². The van der Waals surface area contributed by atoms with Crippen LogP contribution in [0.3, 0.4) is 0 Å². The molecule has 2 aromatic heterocycles. The standard InChI is InChI=1S/C19H19FN2O/c1-14(18-9-5-6-12-21-18)22(2)13-15-10-11-19(23-15)16-7-3-4-8-17(16)20/h3-12,14H,13H2,1-2H3/t14-/m1/s1. The smallest absolute Gasteiger partial charge is 0.137 e. The summed E-state index contributed by atoms with van der Waals surface area (Å²) in [7, 11) is 2.02. The van der Waals surface area contributed by atoms with Gasteiger partial charge in [-0.05, 0) is 50.4 Å². The molecule has 0 aliphatic heterocycles. The molecule has 3 aromatic rings. The van der Waals surface area contributed by atoms with E-state index < -0.39 is 0 Å². The van der Waals surface area contributed by atoms with Gasteiger partial charge in [0.05, 0.1) is 17.8 Å². The van der Waals surface area contributed by atoms with Crippen molar-refractivity contribution in [3.05, 3.63) is 78.1 Å². The summed E-state index contributed by atoms with van der Waals surface area (Å²) in [6.07, 6.45) is 1.79. The first-order valence-corrected chi connectivity index (χ1v) is 7.60. The second-order valence-corrected chi connectivity index (χ2v) is 5.59. The monoisotopic (exact) mass is 310 g/mol. The van der Waals surface area contributed by atoms with Crippen LogP contribution in [0.5, 0.6) is 0 Å². The van der Waals surface area contributed by atoms with E-state index in [2.05, 4.69) is 16.8 Å². The number of benzene rings is 1. The molecule has 1 atom stereocenters. The molecule has 23 heavy (non-hydrogen) atoms. The molecule has 0 bridgehead atoms. The number of nitrogens with zero attached hydrogens (tertiary/aromatic N) is 2. The number of pyridine rings is 1. The molecule has 0 N–H and O–H groups in total. The molecule has 3 rings (SSSR count). The van der Waals surface area contributed by atoms with E-state index in [0.717, 1.165) is 11.5 Å². The van der Waals surface area contributed by atoms with Gasteiger partial charge in [0.15, 0.2) is 0 Å². The highest BCUT2D eigenvalue weighted by Gasteiger charge is 2.15. The zero-order valence-electron chi connectivity index (χ0n) is 13.2. The molecule has 118 valence electrons. The second kappa shape index (κ2) is 6.75. The molecule has 3 nitrogen and oxygen atoms in total. The normalized spacial score (nSPS) is 12.5. The number of aromatic nitrogens is 1. The van der Waals surface area contributed by atoms with Crippen molar-refractivity contribution in [2.45, 2.75) is 19.5 Å². The maximum absolute atomic E-state index is 13.8. The van der Waals surface area contributed by atoms with Crippen molar-refractivity contribution in [3.8, 4) is 11.3 Å². The van der Waals surface area contributed by atoms with E-state index in [1.165, 1.54) is 6.07 Å². The molecule has 0 amide bonds. The van der Waals surface area contributed by atoms with E-state index in [1.54, 1.807) is 24.4 Å². The number of furan rings is 1. The first-order valence-electron chi connectivity index (χ1n) is 7.60. The molecular formula is C19H19FN2O. The van der Waals surface area contributed by atoms with Gasteiger partial charge in [-0.3, -0.25) is 9.88 Å². The molecule has 0 saturated carbocycles. The van der Waals surface area contributed by atoms with Crippen molar-refractivity contribution < 1.29 is 8.81 Å². The van der Waals surface area contributed by atoms with E-state index in [9.17, 15) is 4.39 Å². The second-order valence-electron chi connectivity index (χ2n) is 5.59. The van der Waals surface area contributed by atoms with Crippen LogP contribution in [0.15, 0.2) is 65.2 Å². The van der Waals surface area contributed by atoms with Crippen LogP contribution in [-0.2, 0) is 6.54 Å². The zero-order chi connectivity index (χ0) is 16.2. The molecule has 2 heterocycles. The minimum Gasteiger partial charge on any atom is -0.460 e. The summed E-state index contributed by atoms with van der Waals surface area (Å²) in [5.41, 5.74) is 1.50. The summed E-state index contributed by atoms with van der Waals surface area (Å²) in [6, 6.07) is 16.4. The van der Waals surface area contributed by atoms with Gasteiger partial charge in [0.1, 0.15) is 17.3 Å². The summed E-state index contributed by atoms with van der Waals surface area (Å²) in [6.45, 7) is 2.73. The summed E-state index contributed by atoms with van der Waals surface area (Å²) in [5, 5.41) is 0. The van der Waals surface area contributed by atoms with Crippen LogP contribution < -0.4 is 0 Å². The number of hydrogen-bond acceptors (Lipinski definition) is 3. The van der Waals surface area contributed by atoms with Crippen LogP contribution in [0.1, 0.15) is 24.4 Å². The minimum atomic E-state index is -0.274. The summed E-state index contributed by atoms with van der Waals surface area (Å²) in [5.74, 6) is 1.08. The number of rotatable bonds is 5. The largest absolute Gasteiger partial charge is 0.460 e. The van der Waals surface area contributed by atoms with E-state index in [4.69, 9.17) is 4.42 Å². The quantitative estimate of drug-likeness (QED) is 0.685. The lowest BCUT2D eigenvalue weighted by Crippen LogP contribution is -2.22. The van der Waals surface area contributed by atoms with E-state index in [0.29, 0.717) is 17.9 Å². The molecule has 0 spiro atoms. The van der Waals surface area contributed by atoms with Crippen LogP contribution in [0.4, 0.5) is 4.39 Å². The van der Waals surface area contributed by atoms with Crippen LogP contribution in [0, 0.1) is 5.82 Å². The first-order chi connectivity index (χ1) is 11.1. The lowest BCUT2D eigenvalue weighted by molar-refractivity contribution is 0.229. The molecule has 1 aromatic carbocycles. The Hall–Kier alpha value is -2.46. The molecule has 0 aliphatic carbocycles. The fourth-order valence-corrected chi connectivity index (χ4v) is 2.50. The maximum atomic E-state index is 13.8. The number of hydrogen-bond donors (Lipinski definition) is 0. The van der Waals surface area contributed by atoms with Crippen LogP contribution in [0.2, 0.25) is 0 Å². The molecular weight excluding hydrogens is 291 g/mol.